The predicted molar refractivity (Wildman–Crippen MR) is 128 cm³/mol. The molecule has 33 heavy (non-hydrogen) atoms. The van der Waals surface area contributed by atoms with Gasteiger partial charge in [0.1, 0.15) is 11.3 Å². The summed E-state index contributed by atoms with van der Waals surface area (Å²) in [5.41, 5.74) is 1.45. The quantitative estimate of drug-likeness (QED) is 0.499. The molecule has 1 amide bonds. The molecule has 3 heterocycles. The summed E-state index contributed by atoms with van der Waals surface area (Å²) in [5.74, 6) is 0.461. The van der Waals surface area contributed by atoms with Gasteiger partial charge in [0.25, 0.3) is 5.91 Å². The molecule has 0 bridgehead atoms. The van der Waals surface area contributed by atoms with Gasteiger partial charge in [-0.1, -0.05) is 28.1 Å². The third-order valence-corrected chi connectivity index (χ3v) is 6.67. The lowest BCUT2D eigenvalue weighted by Gasteiger charge is -2.31. The van der Waals surface area contributed by atoms with Gasteiger partial charge >= 0.3 is 0 Å². The number of ether oxygens (including phenoxy) is 2. The molecule has 3 aromatic rings. The van der Waals surface area contributed by atoms with Crippen LogP contribution in [-0.2, 0) is 4.74 Å². The number of fused-ring (bicyclic) bond motifs is 2. The van der Waals surface area contributed by atoms with Gasteiger partial charge in [-0.25, -0.2) is 0 Å². The van der Waals surface area contributed by atoms with Crippen LogP contribution in [0.1, 0.15) is 34.6 Å². The molecule has 2 aliphatic heterocycles. The molecule has 8 heteroatoms. The Hall–Kier alpha value is -2.68. The molecule has 5 rings (SSSR count). The minimum atomic E-state index is -0.502. The summed E-state index contributed by atoms with van der Waals surface area (Å²) in [5, 5.41) is 0.444. The predicted octanol–water partition coefficient (Wildman–Crippen LogP) is 3.83. The van der Waals surface area contributed by atoms with Gasteiger partial charge < -0.3 is 18.8 Å². The first kappa shape index (κ1) is 22.1. The van der Waals surface area contributed by atoms with E-state index in [0.29, 0.717) is 55.2 Å². The summed E-state index contributed by atoms with van der Waals surface area (Å²) in [6.45, 7) is 6.63. The van der Waals surface area contributed by atoms with Crippen molar-refractivity contribution in [3.05, 3.63) is 74.0 Å². The number of hydrogen-bond acceptors (Lipinski definition) is 6. The highest BCUT2D eigenvalue weighted by molar-refractivity contribution is 9.10. The van der Waals surface area contributed by atoms with Crippen LogP contribution in [0.15, 0.2) is 56.1 Å². The van der Waals surface area contributed by atoms with Crippen molar-refractivity contribution in [1.29, 1.82) is 0 Å². The Labute approximate surface area is 200 Å². The fourth-order valence-corrected chi connectivity index (χ4v) is 5.00. The molecule has 2 aliphatic rings. The largest absolute Gasteiger partial charge is 0.494 e. The molecule has 1 unspecified atom stereocenters. The zero-order chi connectivity index (χ0) is 22.9. The first-order chi connectivity index (χ1) is 16.1. The molecule has 1 fully saturated rings. The van der Waals surface area contributed by atoms with Crippen molar-refractivity contribution >= 4 is 32.8 Å². The molecule has 0 spiro atoms. The topological polar surface area (TPSA) is 72.2 Å². The number of carbonyl (C=O) groups excluding carboxylic acids is 1. The van der Waals surface area contributed by atoms with Crippen LogP contribution in [0.4, 0.5) is 0 Å². The lowest BCUT2D eigenvalue weighted by molar-refractivity contribution is 0.0314. The molecule has 1 aromatic heterocycles. The molecule has 0 N–H and O–H groups in total. The van der Waals surface area contributed by atoms with Gasteiger partial charge in [-0.3, -0.25) is 14.5 Å². The van der Waals surface area contributed by atoms with Crippen molar-refractivity contribution in [2.75, 3.05) is 46.0 Å². The van der Waals surface area contributed by atoms with Crippen LogP contribution in [0.2, 0.25) is 0 Å². The van der Waals surface area contributed by atoms with Crippen molar-refractivity contribution in [3.8, 4) is 5.75 Å². The number of rotatable bonds is 6. The van der Waals surface area contributed by atoms with E-state index in [4.69, 9.17) is 13.9 Å². The Morgan fingerprint density at radius 3 is 2.67 bits per heavy atom. The van der Waals surface area contributed by atoms with Crippen molar-refractivity contribution < 1.29 is 18.7 Å². The average Bonchev–Trinajstić information content (AvgIpc) is 3.10. The van der Waals surface area contributed by atoms with Crippen LogP contribution >= 0.6 is 15.9 Å². The smallest absolute Gasteiger partial charge is 0.290 e. The molecule has 1 atom stereocenters. The van der Waals surface area contributed by atoms with Gasteiger partial charge in [0, 0.05) is 36.7 Å². The zero-order valence-electron chi connectivity index (χ0n) is 18.4. The average molecular weight is 513 g/mol. The summed E-state index contributed by atoms with van der Waals surface area (Å²) < 4.78 is 18.0. The number of halogens is 1. The van der Waals surface area contributed by atoms with Gasteiger partial charge in [0.15, 0.2) is 5.43 Å². The first-order valence-electron chi connectivity index (χ1n) is 11.2. The number of carbonyl (C=O) groups is 1. The van der Waals surface area contributed by atoms with E-state index in [0.717, 1.165) is 23.1 Å². The first-order valence-corrected chi connectivity index (χ1v) is 12.0. The van der Waals surface area contributed by atoms with E-state index in [1.807, 2.05) is 31.2 Å². The second kappa shape index (κ2) is 9.29. The van der Waals surface area contributed by atoms with E-state index in [1.165, 1.54) is 0 Å². The molecular weight excluding hydrogens is 488 g/mol. The van der Waals surface area contributed by atoms with E-state index in [9.17, 15) is 9.59 Å². The second-order valence-electron chi connectivity index (χ2n) is 8.18. The standard InChI is InChI=1S/C25H25BrN2O5/c1-2-32-18-6-7-19-20(15-18)33-24-21(23(19)29)22(16-4-3-5-17(26)14-16)28(25(24)30)9-8-27-10-12-31-13-11-27/h3-7,14-15,22H,2,8-13H2,1H3. The molecule has 1 saturated heterocycles. The minimum Gasteiger partial charge on any atom is -0.494 e. The van der Waals surface area contributed by atoms with E-state index >= 15 is 0 Å². The monoisotopic (exact) mass is 512 g/mol. The summed E-state index contributed by atoms with van der Waals surface area (Å²) >= 11 is 3.53. The van der Waals surface area contributed by atoms with Gasteiger partial charge in [-0.2, -0.15) is 0 Å². The summed E-state index contributed by atoms with van der Waals surface area (Å²) in [7, 11) is 0. The highest BCUT2D eigenvalue weighted by atomic mass is 79.9. The summed E-state index contributed by atoms with van der Waals surface area (Å²) in [6.07, 6.45) is 0. The van der Waals surface area contributed by atoms with Crippen LogP contribution in [0, 0.1) is 0 Å². The number of amides is 1. The molecule has 172 valence electrons. The van der Waals surface area contributed by atoms with E-state index in [-0.39, 0.29) is 17.1 Å². The number of nitrogens with zero attached hydrogens (tertiary/aromatic N) is 2. The SMILES string of the molecule is CCOc1ccc2c(=O)c3c(oc2c1)C(=O)N(CCN1CCOCC1)C3c1cccc(Br)c1. The number of morpholine rings is 1. The molecule has 0 radical (unpaired) electrons. The highest BCUT2D eigenvalue weighted by Gasteiger charge is 2.42. The highest BCUT2D eigenvalue weighted by Crippen LogP contribution is 2.39. The van der Waals surface area contributed by atoms with Crippen molar-refractivity contribution in [1.82, 2.24) is 9.80 Å². The molecule has 2 aromatic carbocycles. The van der Waals surface area contributed by atoms with Crippen LogP contribution in [0.3, 0.4) is 0 Å². The lowest BCUT2D eigenvalue weighted by Crippen LogP contribution is -2.42. The van der Waals surface area contributed by atoms with Crippen molar-refractivity contribution in [3.63, 3.8) is 0 Å². The third-order valence-electron chi connectivity index (χ3n) is 6.18. The Balaban J connectivity index is 1.59. The van der Waals surface area contributed by atoms with Crippen molar-refractivity contribution in [2.24, 2.45) is 0 Å². The zero-order valence-corrected chi connectivity index (χ0v) is 20.0. The molecule has 7 nitrogen and oxygen atoms in total. The van der Waals surface area contributed by atoms with Crippen LogP contribution in [0.5, 0.6) is 5.75 Å². The number of benzene rings is 2. The maximum absolute atomic E-state index is 13.6. The Bertz CT molecular complexity index is 1250. The van der Waals surface area contributed by atoms with Gasteiger partial charge in [-0.15, -0.1) is 0 Å². The van der Waals surface area contributed by atoms with E-state index < -0.39 is 6.04 Å². The second-order valence-corrected chi connectivity index (χ2v) is 9.09. The maximum Gasteiger partial charge on any atom is 0.290 e. The Morgan fingerprint density at radius 1 is 1.09 bits per heavy atom. The normalized spacial score (nSPS) is 18.7. The van der Waals surface area contributed by atoms with Crippen LogP contribution in [0.25, 0.3) is 11.0 Å². The Kier molecular flexibility index (Phi) is 6.23. The van der Waals surface area contributed by atoms with E-state index in [1.54, 1.807) is 23.1 Å². The van der Waals surface area contributed by atoms with Crippen LogP contribution in [-0.4, -0.2) is 61.7 Å². The fourth-order valence-electron chi connectivity index (χ4n) is 4.58. The van der Waals surface area contributed by atoms with Crippen molar-refractivity contribution in [2.45, 2.75) is 13.0 Å². The summed E-state index contributed by atoms with van der Waals surface area (Å²) in [6, 6.07) is 12.4. The minimum absolute atomic E-state index is 0.119. The van der Waals surface area contributed by atoms with Gasteiger partial charge in [0.2, 0.25) is 5.76 Å². The third kappa shape index (κ3) is 4.18. The van der Waals surface area contributed by atoms with Gasteiger partial charge in [-0.05, 0) is 36.8 Å². The summed E-state index contributed by atoms with van der Waals surface area (Å²) in [4.78, 5) is 31.2. The molecule has 0 saturated carbocycles. The van der Waals surface area contributed by atoms with E-state index in [2.05, 4.69) is 20.8 Å². The van der Waals surface area contributed by atoms with Crippen LogP contribution < -0.4 is 10.2 Å². The molecular formula is C25H25BrN2O5. The van der Waals surface area contributed by atoms with Gasteiger partial charge in [0.05, 0.1) is 36.8 Å². The lowest BCUT2D eigenvalue weighted by atomic mass is 9.98. The Morgan fingerprint density at radius 2 is 1.91 bits per heavy atom. The maximum atomic E-state index is 13.6. The molecule has 0 aliphatic carbocycles. The fraction of sp³-hybridized carbons (Fsp3) is 0.360. The number of hydrogen-bond donors (Lipinski definition) is 0.